The molecule has 0 unspecified atom stereocenters. The Kier molecular flexibility index (Phi) is 4.29. The summed E-state index contributed by atoms with van der Waals surface area (Å²) in [5.41, 5.74) is 1.05. The molecule has 1 aromatic rings. The minimum Gasteiger partial charge on any atom is -0.393 e. The standard InChI is InChI=1S/C15H20N2O2S/c18-12-5-7-16(8-6-12)11-15(19)17-9-10-20-14-4-2-1-3-13(14)17/h1-4,12,18H,5-11H2. The average molecular weight is 292 g/mol. The molecular weight excluding hydrogens is 272 g/mol. The lowest BCUT2D eigenvalue weighted by molar-refractivity contribution is -0.120. The monoisotopic (exact) mass is 292 g/mol. The minimum absolute atomic E-state index is 0.175. The molecule has 1 saturated heterocycles. The number of thioether (sulfide) groups is 1. The number of nitrogens with zero attached hydrogens (tertiary/aromatic N) is 2. The summed E-state index contributed by atoms with van der Waals surface area (Å²) >= 11 is 1.82. The zero-order chi connectivity index (χ0) is 13.9. The van der Waals surface area contributed by atoms with E-state index in [2.05, 4.69) is 11.0 Å². The van der Waals surface area contributed by atoms with Crippen LogP contribution in [0.25, 0.3) is 0 Å². The third-order valence-corrected chi connectivity index (χ3v) is 4.99. The van der Waals surface area contributed by atoms with Crippen molar-refractivity contribution in [2.75, 3.05) is 36.8 Å². The van der Waals surface area contributed by atoms with E-state index in [9.17, 15) is 9.90 Å². The summed E-state index contributed by atoms with van der Waals surface area (Å²) in [6, 6.07) is 8.12. The molecule has 0 bridgehead atoms. The first kappa shape index (κ1) is 13.9. The highest BCUT2D eigenvalue weighted by Gasteiger charge is 2.25. The van der Waals surface area contributed by atoms with E-state index >= 15 is 0 Å². The summed E-state index contributed by atoms with van der Waals surface area (Å²) in [6.45, 7) is 2.89. The first-order valence-corrected chi connectivity index (χ1v) is 8.15. The van der Waals surface area contributed by atoms with Crippen LogP contribution in [0.5, 0.6) is 0 Å². The number of fused-ring (bicyclic) bond motifs is 1. The van der Waals surface area contributed by atoms with Gasteiger partial charge < -0.3 is 10.0 Å². The number of likely N-dealkylation sites (tertiary alicyclic amines) is 1. The van der Waals surface area contributed by atoms with E-state index in [1.165, 1.54) is 4.90 Å². The summed E-state index contributed by atoms with van der Waals surface area (Å²) in [5.74, 6) is 1.13. The first-order chi connectivity index (χ1) is 9.74. The molecule has 0 spiro atoms. The van der Waals surface area contributed by atoms with Gasteiger partial charge in [-0.2, -0.15) is 0 Å². The molecule has 3 rings (SSSR count). The Balaban J connectivity index is 1.66. The Bertz CT molecular complexity index is 487. The van der Waals surface area contributed by atoms with Crippen molar-refractivity contribution in [2.24, 2.45) is 0 Å². The molecule has 2 aliphatic heterocycles. The molecule has 0 atom stereocenters. The normalized spacial score (nSPS) is 20.8. The van der Waals surface area contributed by atoms with E-state index in [-0.39, 0.29) is 12.0 Å². The number of aliphatic hydroxyl groups is 1. The second-order valence-electron chi connectivity index (χ2n) is 5.37. The number of rotatable bonds is 2. The van der Waals surface area contributed by atoms with E-state index < -0.39 is 0 Å². The smallest absolute Gasteiger partial charge is 0.241 e. The summed E-state index contributed by atoms with van der Waals surface area (Å²) in [5, 5.41) is 9.52. The lowest BCUT2D eigenvalue weighted by Gasteiger charge is -2.33. The largest absolute Gasteiger partial charge is 0.393 e. The fraction of sp³-hybridized carbons (Fsp3) is 0.533. The highest BCUT2D eigenvalue weighted by atomic mass is 32.2. The zero-order valence-corrected chi connectivity index (χ0v) is 12.3. The number of carbonyl (C=O) groups is 1. The van der Waals surface area contributed by atoms with Gasteiger partial charge in [-0.15, -0.1) is 11.8 Å². The quantitative estimate of drug-likeness (QED) is 0.899. The van der Waals surface area contributed by atoms with E-state index in [1.807, 2.05) is 34.9 Å². The van der Waals surface area contributed by atoms with Crippen LogP contribution in [0.4, 0.5) is 5.69 Å². The SMILES string of the molecule is O=C(CN1CCC(O)CC1)N1CCSc2ccccc21. The van der Waals surface area contributed by atoms with Gasteiger partial charge in [0.25, 0.3) is 0 Å². The van der Waals surface area contributed by atoms with Crippen LogP contribution in [0.2, 0.25) is 0 Å². The van der Waals surface area contributed by atoms with Crippen molar-refractivity contribution in [2.45, 2.75) is 23.8 Å². The number of benzene rings is 1. The molecule has 5 heteroatoms. The predicted octanol–water partition coefficient (Wildman–Crippen LogP) is 1.58. The highest BCUT2D eigenvalue weighted by molar-refractivity contribution is 7.99. The average Bonchev–Trinajstić information content (AvgIpc) is 2.49. The van der Waals surface area contributed by atoms with Crippen molar-refractivity contribution in [3.05, 3.63) is 24.3 Å². The summed E-state index contributed by atoms with van der Waals surface area (Å²) in [4.78, 5) is 17.8. The lowest BCUT2D eigenvalue weighted by atomic mass is 10.1. The highest BCUT2D eigenvalue weighted by Crippen LogP contribution is 2.34. The number of aliphatic hydroxyl groups excluding tert-OH is 1. The fourth-order valence-corrected chi connectivity index (χ4v) is 3.78. The Morgan fingerprint density at radius 1 is 1.25 bits per heavy atom. The minimum atomic E-state index is -0.187. The van der Waals surface area contributed by atoms with Gasteiger partial charge >= 0.3 is 0 Å². The van der Waals surface area contributed by atoms with Crippen LogP contribution >= 0.6 is 11.8 Å². The van der Waals surface area contributed by atoms with Crippen LogP contribution in [0, 0.1) is 0 Å². The van der Waals surface area contributed by atoms with Gasteiger partial charge in [0, 0.05) is 30.3 Å². The summed E-state index contributed by atoms with van der Waals surface area (Å²) in [7, 11) is 0. The van der Waals surface area contributed by atoms with Gasteiger partial charge in [0.05, 0.1) is 18.3 Å². The van der Waals surface area contributed by atoms with Crippen molar-refractivity contribution in [1.82, 2.24) is 4.90 Å². The van der Waals surface area contributed by atoms with Crippen LogP contribution in [-0.2, 0) is 4.79 Å². The van der Waals surface area contributed by atoms with Crippen molar-refractivity contribution >= 4 is 23.4 Å². The van der Waals surface area contributed by atoms with Crippen molar-refractivity contribution in [3.63, 3.8) is 0 Å². The third-order valence-electron chi connectivity index (χ3n) is 3.95. The number of anilines is 1. The maximum absolute atomic E-state index is 12.5. The Hall–Kier alpha value is -1.04. The van der Waals surface area contributed by atoms with Gasteiger partial charge in [0.1, 0.15) is 0 Å². The Morgan fingerprint density at radius 2 is 2.00 bits per heavy atom. The zero-order valence-electron chi connectivity index (χ0n) is 11.5. The van der Waals surface area contributed by atoms with Crippen LogP contribution < -0.4 is 4.90 Å². The van der Waals surface area contributed by atoms with Gasteiger partial charge in [0.15, 0.2) is 0 Å². The van der Waals surface area contributed by atoms with Gasteiger partial charge in [-0.05, 0) is 25.0 Å². The molecule has 0 radical (unpaired) electrons. The van der Waals surface area contributed by atoms with Gasteiger partial charge in [0.2, 0.25) is 5.91 Å². The third kappa shape index (κ3) is 3.00. The molecular formula is C15H20N2O2S. The van der Waals surface area contributed by atoms with Crippen LogP contribution in [0.15, 0.2) is 29.2 Å². The number of carbonyl (C=O) groups excluding carboxylic acids is 1. The molecule has 1 N–H and O–H groups in total. The van der Waals surface area contributed by atoms with Crippen molar-refractivity contribution in [3.8, 4) is 0 Å². The molecule has 2 aliphatic rings. The van der Waals surface area contributed by atoms with E-state index in [0.717, 1.165) is 43.9 Å². The predicted molar refractivity (Wildman–Crippen MR) is 81.2 cm³/mol. The molecule has 0 aromatic heterocycles. The lowest BCUT2D eigenvalue weighted by Crippen LogP contribution is -2.45. The topological polar surface area (TPSA) is 43.8 Å². The Labute approximate surface area is 123 Å². The molecule has 1 fully saturated rings. The Morgan fingerprint density at radius 3 is 2.80 bits per heavy atom. The molecule has 1 amide bonds. The first-order valence-electron chi connectivity index (χ1n) is 7.16. The van der Waals surface area contributed by atoms with Crippen molar-refractivity contribution < 1.29 is 9.90 Å². The summed E-state index contributed by atoms with van der Waals surface area (Å²) < 4.78 is 0. The van der Waals surface area contributed by atoms with Gasteiger partial charge in [-0.1, -0.05) is 12.1 Å². The number of para-hydroxylation sites is 1. The molecule has 0 aliphatic carbocycles. The number of hydrogen-bond acceptors (Lipinski definition) is 4. The molecule has 20 heavy (non-hydrogen) atoms. The maximum atomic E-state index is 12.5. The summed E-state index contributed by atoms with van der Waals surface area (Å²) in [6.07, 6.45) is 1.37. The second kappa shape index (κ2) is 6.16. The number of piperidine rings is 1. The second-order valence-corrected chi connectivity index (χ2v) is 6.51. The molecule has 0 saturated carbocycles. The fourth-order valence-electron chi connectivity index (χ4n) is 2.78. The van der Waals surface area contributed by atoms with Crippen LogP contribution in [0.3, 0.4) is 0 Å². The van der Waals surface area contributed by atoms with E-state index in [0.29, 0.717) is 6.54 Å². The number of amides is 1. The van der Waals surface area contributed by atoms with E-state index in [1.54, 1.807) is 0 Å². The maximum Gasteiger partial charge on any atom is 0.241 e. The van der Waals surface area contributed by atoms with Gasteiger partial charge in [-0.3, -0.25) is 9.69 Å². The molecule has 1 aromatic carbocycles. The van der Waals surface area contributed by atoms with Gasteiger partial charge in [-0.25, -0.2) is 0 Å². The van der Waals surface area contributed by atoms with Crippen LogP contribution in [0.1, 0.15) is 12.8 Å². The van der Waals surface area contributed by atoms with Crippen molar-refractivity contribution in [1.29, 1.82) is 0 Å². The molecule has 2 heterocycles. The van der Waals surface area contributed by atoms with Crippen LogP contribution in [-0.4, -0.2) is 53.9 Å². The molecule has 4 nitrogen and oxygen atoms in total. The van der Waals surface area contributed by atoms with E-state index in [4.69, 9.17) is 0 Å². The number of hydrogen-bond donors (Lipinski definition) is 1. The molecule has 108 valence electrons.